The highest BCUT2D eigenvalue weighted by atomic mass is 19.3. The molecule has 0 bridgehead atoms. The number of amides is 1. The van der Waals surface area contributed by atoms with Gasteiger partial charge in [-0.1, -0.05) is 0 Å². The molecule has 1 saturated heterocycles. The van der Waals surface area contributed by atoms with Crippen LogP contribution in [0.5, 0.6) is 11.5 Å². The van der Waals surface area contributed by atoms with Crippen LogP contribution in [-0.4, -0.2) is 44.4 Å². The highest BCUT2D eigenvalue weighted by Crippen LogP contribution is 2.42. The quantitative estimate of drug-likeness (QED) is 0.749. The average molecular weight is 371 g/mol. The molecule has 7 nitrogen and oxygen atoms in total. The Morgan fingerprint density at radius 3 is 2.88 bits per heavy atom. The molecule has 1 aromatic carbocycles. The molecule has 2 aliphatic heterocycles. The maximum absolute atomic E-state index is 13.0. The van der Waals surface area contributed by atoms with E-state index >= 15 is 0 Å². The van der Waals surface area contributed by atoms with Gasteiger partial charge in [0.15, 0.2) is 18.0 Å². The number of anilines is 1. The summed E-state index contributed by atoms with van der Waals surface area (Å²) < 4.78 is 39.8. The molecule has 0 saturated carbocycles. The van der Waals surface area contributed by atoms with E-state index in [2.05, 4.69) is 14.8 Å². The Balaban J connectivity index is 1.54. The molecule has 142 valence electrons. The third kappa shape index (κ3) is 4.40. The average Bonchev–Trinajstić information content (AvgIpc) is 2.88. The molecule has 9 heteroatoms. The Morgan fingerprint density at radius 2 is 2.12 bits per heavy atom. The lowest BCUT2D eigenvalue weighted by molar-refractivity contribution is -0.899. The van der Waals surface area contributed by atoms with Gasteiger partial charge >= 0.3 is 12.3 Å². The van der Waals surface area contributed by atoms with E-state index in [4.69, 9.17) is 4.74 Å². The third-order valence-electron chi connectivity index (χ3n) is 4.33. The minimum Gasteiger partial charge on any atom is -0.466 e. The summed E-state index contributed by atoms with van der Waals surface area (Å²) in [5.41, 5.74) is 0.341. The number of fused-ring (bicyclic) bond motifs is 1. The number of esters is 1. The van der Waals surface area contributed by atoms with E-state index < -0.39 is 6.29 Å². The number of carbonyl (C=O) groups excluding carboxylic acids is 2. The first kappa shape index (κ1) is 18.4. The van der Waals surface area contributed by atoms with Crippen LogP contribution >= 0.6 is 0 Å². The Labute approximate surface area is 149 Å². The van der Waals surface area contributed by atoms with Crippen LogP contribution in [0.25, 0.3) is 0 Å². The molecule has 3 rings (SSSR count). The smallest absolute Gasteiger partial charge is 0.466 e. The van der Waals surface area contributed by atoms with Crippen molar-refractivity contribution in [3.63, 3.8) is 0 Å². The van der Waals surface area contributed by atoms with E-state index in [0.717, 1.165) is 24.3 Å². The number of alkyl halides is 2. The Hall–Kier alpha value is -2.42. The fraction of sp³-hybridized carbons (Fsp3) is 0.529. The highest BCUT2D eigenvalue weighted by Gasteiger charge is 2.43. The molecule has 26 heavy (non-hydrogen) atoms. The largest absolute Gasteiger partial charge is 0.586 e. The fourth-order valence-corrected chi connectivity index (χ4v) is 3.23. The molecule has 0 radical (unpaired) electrons. The van der Waals surface area contributed by atoms with Crippen LogP contribution in [0.2, 0.25) is 0 Å². The molecule has 1 unspecified atom stereocenters. The van der Waals surface area contributed by atoms with E-state index in [9.17, 15) is 18.4 Å². The molecular weight excluding hydrogens is 350 g/mol. The number of benzene rings is 1. The summed E-state index contributed by atoms with van der Waals surface area (Å²) in [4.78, 5) is 25.1. The van der Waals surface area contributed by atoms with Crippen molar-refractivity contribution in [2.75, 3.05) is 31.6 Å². The fourth-order valence-electron chi connectivity index (χ4n) is 3.23. The standard InChI is InChI=1S/C17H20F2N2O5/c1-2-24-16(23)11-4-3-7-21(9-11)10-15(22)20-12-5-6-13-14(8-12)26-17(18,19)25-13/h5-6,8,11H,2-4,7,9-10H2,1H3,(H,20,22)/p+1/t11-/m1/s1. The molecule has 1 fully saturated rings. The lowest BCUT2D eigenvalue weighted by Crippen LogP contribution is -3.14. The number of nitrogens with one attached hydrogen (secondary N) is 2. The van der Waals surface area contributed by atoms with E-state index in [1.165, 1.54) is 18.2 Å². The van der Waals surface area contributed by atoms with Crippen molar-refractivity contribution in [1.29, 1.82) is 0 Å². The lowest BCUT2D eigenvalue weighted by Gasteiger charge is -2.28. The number of hydrogen-bond acceptors (Lipinski definition) is 5. The SMILES string of the molecule is CCOC(=O)[C@@H]1CCC[NH+](CC(=O)Nc2ccc3c(c2)OC(F)(F)O3)C1. The summed E-state index contributed by atoms with van der Waals surface area (Å²) in [6, 6.07) is 4.08. The van der Waals surface area contributed by atoms with Crippen LogP contribution in [0, 0.1) is 5.92 Å². The second-order valence-electron chi connectivity index (χ2n) is 6.35. The normalized spacial score (nSPS) is 23.3. The topological polar surface area (TPSA) is 78.3 Å². The minimum absolute atomic E-state index is 0.0769. The van der Waals surface area contributed by atoms with Crippen molar-refractivity contribution in [2.45, 2.75) is 26.1 Å². The molecule has 2 N–H and O–H groups in total. The first-order valence-electron chi connectivity index (χ1n) is 8.56. The summed E-state index contributed by atoms with van der Waals surface area (Å²) in [5.74, 6) is -0.886. The number of carbonyl (C=O) groups is 2. The van der Waals surface area contributed by atoms with Gasteiger partial charge in [0.05, 0.1) is 19.7 Å². The highest BCUT2D eigenvalue weighted by molar-refractivity contribution is 5.91. The van der Waals surface area contributed by atoms with E-state index in [1.54, 1.807) is 6.92 Å². The zero-order valence-corrected chi connectivity index (χ0v) is 14.3. The van der Waals surface area contributed by atoms with Crippen LogP contribution in [0.1, 0.15) is 19.8 Å². The van der Waals surface area contributed by atoms with Crippen molar-refractivity contribution < 1.29 is 37.5 Å². The number of hydrogen-bond donors (Lipinski definition) is 2. The van der Waals surface area contributed by atoms with Gasteiger partial charge in [-0.15, -0.1) is 8.78 Å². The van der Waals surface area contributed by atoms with Gasteiger partial charge < -0.3 is 24.4 Å². The first-order chi connectivity index (χ1) is 12.4. The summed E-state index contributed by atoms with van der Waals surface area (Å²) in [7, 11) is 0. The van der Waals surface area contributed by atoms with Gasteiger partial charge in [-0.2, -0.15) is 0 Å². The zero-order valence-electron chi connectivity index (χ0n) is 14.3. The van der Waals surface area contributed by atoms with Gasteiger partial charge in [-0.3, -0.25) is 9.59 Å². The van der Waals surface area contributed by atoms with Crippen molar-refractivity contribution in [3.8, 4) is 11.5 Å². The van der Waals surface area contributed by atoms with Crippen LogP contribution in [0.15, 0.2) is 18.2 Å². The van der Waals surface area contributed by atoms with Crippen molar-refractivity contribution in [1.82, 2.24) is 0 Å². The Morgan fingerprint density at radius 1 is 1.35 bits per heavy atom. The predicted molar refractivity (Wildman–Crippen MR) is 86.2 cm³/mol. The molecule has 2 aliphatic rings. The molecule has 2 atom stereocenters. The summed E-state index contributed by atoms with van der Waals surface area (Å²) in [6.07, 6.45) is -2.09. The van der Waals surface area contributed by atoms with Gasteiger partial charge in [-0.05, 0) is 31.9 Å². The minimum atomic E-state index is -3.69. The second-order valence-corrected chi connectivity index (χ2v) is 6.35. The van der Waals surface area contributed by atoms with Crippen molar-refractivity contribution in [2.24, 2.45) is 5.92 Å². The molecule has 2 heterocycles. The van der Waals surface area contributed by atoms with Crippen LogP contribution in [0.4, 0.5) is 14.5 Å². The molecule has 1 aromatic rings. The summed E-state index contributed by atoms with van der Waals surface area (Å²) in [6.45, 7) is 3.62. The summed E-state index contributed by atoms with van der Waals surface area (Å²) >= 11 is 0. The van der Waals surface area contributed by atoms with Gasteiger partial charge in [0.1, 0.15) is 5.92 Å². The Kier molecular flexibility index (Phi) is 5.26. The zero-order chi connectivity index (χ0) is 18.7. The monoisotopic (exact) mass is 371 g/mol. The van der Waals surface area contributed by atoms with E-state index in [1.807, 2.05) is 0 Å². The third-order valence-corrected chi connectivity index (χ3v) is 4.33. The summed E-state index contributed by atoms with van der Waals surface area (Å²) in [5, 5.41) is 2.66. The van der Waals surface area contributed by atoms with Gasteiger partial charge in [0.2, 0.25) is 0 Å². The van der Waals surface area contributed by atoms with Crippen molar-refractivity contribution >= 4 is 17.6 Å². The van der Waals surface area contributed by atoms with Crippen molar-refractivity contribution in [3.05, 3.63) is 18.2 Å². The van der Waals surface area contributed by atoms with E-state index in [-0.39, 0.29) is 35.8 Å². The molecule has 0 aliphatic carbocycles. The van der Waals surface area contributed by atoms with Gasteiger partial charge in [-0.25, -0.2) is 0 Å². The number of ether oxygens (including phenoxy) is 3. The van der Waals surface area contributed by atoms with Crippen LogP contribution in [0.3, 0.4) is 0 Å². The first-order valence-corrected chi connectivity index (χ1v) is 8.56. The number of quaternary nitrogens is 1. The van der Waals surface area contributed by atoms with Gasteiger partial charge in [0, 0.05) is 11.8 Å². The maximum Gasteiger partial charge on any atom is 0.586 e. The molecular formula is C17H21F2N2O5+. The number of rotatable bonds is 5. The van der Waals surface area contributed by atoms with E-state index in [0.29, 0.717) is 18.8 Å². The number of piperidine rings is 1. The molecule has 0 spiro atoms. The predicted octanol–water partition coefficient (Wildman–Crippen LogP) is 0.805. The number of likely N-dealkylation sites (tertiary alicyclic amines) is 1. The second kappa shape index (κ2) is 7.45. The lowest BCUT2D eigenvalue weighted by atomic mass is 9.98. The van der Waals surface area contributed by atoms with Crippen LogP contribution < -0.4 is 19.7 Å². The Bertz CT molecular complexity index is 698. The molecule has 1 amide bonds. The van der Waals surface area contributed by atoms with Crippen LogP contribution in [-0.2, 0) is 14.3 Å². The molecule has 0 aromatic heterocycles. The maximum atomic E-state index is 13.0. The van der Waals surface area contributed by atoms with Gasteiger partial charge in [0.25, 0.3) is 5.91 Å². The number of halogens is 2.